The molecule has 0 aliphatic rings. The van der Waals surface area contributed by atoms with Crippen molar-refractivity contribution in [1.29, 1.82) is 0 Å². The molecule has 0 aliphatic carbocycles. The van der Waals surface area contributed by atoms with Gasteiger partial charge >= 0.3 is 0 Å². The van der Waals surface area contributed by atoms with Crippen molar-refractivity contribution in [1.82, 2.24) is 10.3 Å². The Labute approximate surface area is 118 Å². The van der Waals surface area contributed by atoms with Crippen LogP contribution in [0.5, 0.6) is 0 Å². The fourth-order valence-corrected chi connectivity index (χ4v) is 2.21. The number of amides is 1. The first-order chi connectivity index (χ1) is 9.72. The number of nitrogens with one attached hydrogen (secondary N) is 2. The van der Waals surface area contributed by atoms with Gasteiger partial charge in [0.1, 0.15) is 0 Å². The summed E-state index contributed by atoms with van der Waals surface area (Å²) >= 11 is 0. The maximum atomic E-state index is 11.9. The monoisotopic (exact) mass is 275 g/mol. The molecule has 0 radical (unpaired) electrons. The Balaban J connectivity index is 1.90. The van der Waals surface area contributed by atoms with Crippen LogP contribution < -0.4 is 11.1 Å². The average Bonchev–Trinajstić information content (AvgIpc) is 2.87. The molecule has 1 aromatic heterocycles. The van der Waals surface area contributed by atoms with Crippen molar-refractivity contribution >= 4 is 16.8 Å². The minimum Gasteiger partial charge on any atom is -0.396 e. The van der Waals surface area contributed by atoms with Gasteiger partial charge in [0.25, 0.3) is 0 Å². The number of carbonyl (C=O) groups is 1. The molecule has 0 aliphatic heterocycles. The van der Waals surface area contributed by atoms with Crippen LogP contribution in [0.15, 0.2) is 30.5 Å². The lowest BCUT2D eigenvalue weighted by molar-refractivity contribution is -0.122. The third kappa shape index (κ3) is 3.59. The van der Waals surface area contributed by atoms with Gasteiger partial charge in [0, 0.05) is 30.3 Å². The van der Waals surface area contributed by atoms with Crippen LogP contribution >= 0.6 is 0 Å². The molecule has 0 bridgehead atoms. The zero-order valence-electron chi connectivity index (χ0n) is 11.4. The zero-order chi connectivity index (χ0) is 14.4. The van der Waals surface area contributed by atoms with Gasteiger partial charge in [-0.2, -0.15) is 0 Å². The number of fused-ring (bicyclic) bond motifs is 1. The molecule has 20 heavy (non-hydrogen) atoms. The highest BCUT2D eigenvalue weighted by molar-refractivity contribution is 5.86. The van der Waals surface area contributed by atoms with Crippen LogP contribution in [0.3, 0.4) is 0 Å². The number of aliphatic hydroxyl groups is 1. The van der Waals surface area contributed by atoms with Crippen LogP contribution in [-0.4, -0.2) is 35.2 Å². The van der Waals surface area contributed by atoms with Crippen molar-refractivity contribution in [2.45, 2.75) is 25.3 Å². The lowest BCUT2D eigenvalue weighted by atomic mass is 10.1. The topological polar surface area (TPSA) is 91.1 Å². The summed E-state index contributed by atoms with van der Waals surface area (Å²) < 4.78 is 0. The molecule has 1 aromatic carbocycles. The molecule has 1 amide bonds. The van der Waals surface area contributed by atoms with Crippen LogP contribution in [0.4, 0.5) is 0 Å². The number of hydrogen-bond donors (Lipinski definition) is 4. The van der Waals surface area contributed by atoms with Crippen LogP contribution in [0.1, 0.15) is 18.4 Å². The van der Waals surface area contributed by atoms with E-state index in [2.05, 4.69) is 10.3 Å². The molecule has 0 fully saturated rings. The average molecular weight is 275 g/mol. The first kappa shape index (κ1) is 14.6. The smallest absolute Gasteiger partial charge is 0.237 e. The number of benzene rings is 1. The van der Waals surface area contributed by atoms with E-state index in [1.165, 1.54) is 0 Å². The number of aliphatic hydroxyl groups excluding tert-OH is 1. The number of para-hydroxylation sites is 1. The Morgan fingerprint density at radius 1 is 1.35 bits per heavy atom. The Morgan fingerprint density at radius 2 is 2.15 bits per heavy atom. The van der Waals surface area contributed by atoms with Gasteiger partial charge in [0.2, 0.25) is 5.91 Å². The molecule has 0 saturated heterocycles. The van der Waals surface area contributed by atoms with Crippen molar-refractivity contribution in [2.24, 2.45) is 5.73 Å². The summed E-state index contributed by atoms with van der Waals surface area (Å²) in [7, 11) is 0. The van der Waals surface area contributed by atoms with Crippen LogP contribution in [0.2, 0.25) is 0 Å². The number of rotatable bonds is 7. The lowest BCUT2D eigenvalue weighted by Crippen LogP contribution is -2.42. The van der Waals surface area contributed by atoms with Crippen molar-refractivity contribution in [3.63, 3.8) is 0 Å². The van der Waals surface area contributed by atoms with Gasteiger partial charge in [-0.15, -0.1) is 0 Å². The molecule has 2 rings (SSSR count). The van der Waals surface area contributed by atoms with Crippen molar-refractivity contribution in [3.8, 4) is 0 Å². The third-order valence-corrected chi connectivity index (χ3v) is 3.34. The van der Waals surface area contributed by atoms with E-state index in [4.69, 9.17) is 10.8 Å². The molecule has 1 atom stereocenters. The molecule has 108 valence electrons. The first-order valence-corrected chi connectivity index (χ1v) is 6.91. The molecule has 0 saturated carbocycles. The molecule has 0 spiro atoms. The van der Waals surface area contributed by atoms with E-state index in [0.717, 1.165) is 22.9 Å². The minimum absolute atomic E-state index is 0.145. The van der Waals surface area contributed by atoms with Gasteiger partial charge in [-0.3, -0.25) is 4.79 Å². The number of aromatic nitrogens is 1. The number of H-pyrrole nitrogens is 1. The number of nitrogens with two attached hydrogens (primary N) is 1. The number of aromatic amines is 1. The molecule has 2 aromatic rings. The van der Waals surface area contributed by atoms with Crippen molar-refractivity contribution in [3.05, 3.63) is 36.0 Å². The van der Waals surface area contributed by atoms with Gasteiger partial charge in [0.15, 0.2) is 0 Å². The fraction of sp³-hybridized carbons (Fsp3) is 0.400. The van der Waals surface area contributed by atoms with Crippen molar-refractivity contribution in [2.75, 3.05) is 13.2 Å². The zero-order valence-corrected chi connectivity index (χ0v) is 11.4. The number of hydrogen-bond acceptors (Lipinski definition) is 3. The normalized spacial score (nSPS) is 12.5. The van der Waals surface area contributed by atoms with Gasteiger partial charge in [-0.05, 0) is 30.9 Å². The molecule has 5 N–H and O–H groups in total. The molecule has 0 unspecified atom stereocenters. The fourth-order valence-electron chi connectivity index (χ4n) is 2.21. The van der Waals surface area contributed by atoms with Gasteiger partial charge in [-0.25, -0.2) is 0 Å². The quantitative estimate of drug-likeness (QED) is 0.566. The Hall–Kier alpha value is -1.85. The van der Waals surface area contributed by atoms with E-state index in [0.29, 0.717) is 19.4 Å². The summed E-state index contributed by atoms with van der Waals surface area (Å²) in [6, 6.07) is 7.41. The first-order valence-electron chi connectivity index (χ1n) is 6.91. The Morgan fingerprint density at radius 3 is 2.95 bits per heavy atom. The summed E-state index contributed by atoms with van der Waals surface area (Å²) in [5, 5.41) is 12.6. The molecule has 5 nitrogen and oxygen atoms in total. The van der Waals surface area contributed by atoms with Crippen LogP contribution in [0, 0.1) is 0 Å². The number of unbranched alkanes of at least 4 members (excludes halogenated alkanes) is 1. The highest BCUT2D eigenvalue weighted by Crippen LogP contribution is 2.18. The molecular weight excluding hydrogens is 254 g/mol. The standard InChI is InChI=1S/C15H21N3O2/c16-13(15(20)17-7-3-4-8-19)9-11-10-18-14-6-2-1-5-12(11)14/h1-2,5-6,10,13,18-19H,3-4,7-9,16H2,(H,17,20)/t13-/m1/s1. The lowest BCUT2D eigenvalue weighted by Gasteiger charge is -2.11. The van der Waals surface area contributed by atoms with Crippen LogP contribution in [-0.2, 0) is 11.2 Å². The third-order valence-electron chi connectivity index (χ3n) is 3.34. The second kappa shape index (κ2) is 7.07. The summed E-state index contributed by atoms with van der Waals surface area (Å²) in [5.74, 6) is -0.145. The predicted octanol–water partition coefficient (Wildman–Crippen LogP) is 0.926. The summed E-state index contributed by atoms with van der Waals surface area (Å²) in [6.45, 7) is 0.707. The summed E-state index contributed by atoms with van der Waals surface area (Å²) in [4.78, 5) is 15.0. The molecule has 5 heteroatoms. The van der Waals surface area contributed by atoms with E-state index >= 15 is 0 Å². The number of carbonyl (C=O) groups excluding carboxylic acids is 1. The van der Waals surface area contributed by atoms with Crippen LogP contribution in [0.25, 0.3) is 10.9 Å². The minimum atomic E-state index is -0.552. The Kier molecular flexibility index (Phi) is 5.15. The maximum absolute atomic E-state index is 11.9. The highest BCUT2D eigenvalue weighted by Gasteiger charge is 2.15. The maximum Gasteiger partial charge on any atom is 0.237 e. The largest absolute Gasteiger partial charge is 0.396 e. The predicted molar refractivity (Wildman–Crippen MR) is 79.3 cm³/mol. The van der Waals surface area contributed by atoms with Gasteiger partial charge < -0.3 is 21.1 Å². The molecule has 1 heterocycles. The Bertz CT molecular complexity index is 565. The SMILES string of the molecule is N[C@H](Cc1c[nH]c2ccccc12)C(=O)NCCCCO. The summed E-state index contributed by atoms with van der Waals surface area (Å²) in [6.07, 6.45) is 3.87. The van der Waals surface area contributed by atoms with E-state index < -0.39 is 6.04 Å². The van der Waals surface area contributed by atoms with E-state index in [1.807, 2.05) is 30.5 Å². The van der Waals surface area contributed by atoms with E-state index in [9.17, 15) is 4.79 Å². The summed E-state index contributed by atoms with van der Waals surface area (Å²) in [5.41, 5.74) is 8.05. The molecular formula is C15H21N3O2. The van der Waals surface area contributed by atoms with Gasteiger partial charge in [-0.1, -0.05) is 18.2 Å². The van der Waals surface area contributed by atoms with Crippen molar-refractivity contribution < 1.29 is 9.90 Å². The second-order valence-corrected chi connectivity index (χ2v) is 4.89. The highest BCUT2D eigenvalue weighted by atomic mass is 16.2. The van der Waals surface area contributed by atoms with Gasteiger partial charge in [0.05, 0.1) is 6.04 Å². The second-order valence-electron chi connectivity index (χ2n) is 4.89. The van der Waals surface area contributed by atoms with E-state index in [-0.39, 0.29) is 12.5 Å². The van der Waals surface area contributed by atoms with E-state index in [1.54, 1.807) is 0 Å².